The van der Waals surface area contributed by atoms with Crippen molar-refractivity contribution < 1.29 is 0 Å². The number of nitrogens with zero attached hydrogens (tertiary/aromatic N) is 1. The third-order valence-corrected chi connectivity index (χ3v) is 3.36. The van der Waals surface area contributed by atoms with Gasteiger partial charge < -0.3 is 5.32 Å². The van der Waals surface area contributed by atoms with Crippen LogP contribution in [0.3, 0.4) is 0 Å². The number of pyridine rings is 1. The van der Waals surface area contributed by atoms with Crippen LogP contribution in [0.15, 0.2) is 42.2 Å². The van der Waals surface area contributed by atoms with E-state index < -0.39 is 0 Å². The van der Waals surface area contributed by atoms with Crippen LogP contribution in [0.25, 0.3) is 16.8 Å². The topological polar surface area (TPSA) is 24.9 Å². The predicted molar refractivity (Wildman–Crippen MR) is 87.8 cm³/mol. The summed E-state index contributed by atoms with van der Waals surface area (Å²) < 4.78 is 0. The Balaban J connectivity index is 2.30. The van der Waals surface area contributed by atoms with Crippen LogP contribution < -0.4 is 5.32 Å². The van der Waals surface area contributed by atoms with Crippen molar-refractivity contribution in [1.29, 1.82) is 0 Å². The second-order valence-corrected chi connectivity index (χ2v) is 6.21. The first-order valence-corrected chi connectivity index (χ1v) is 7.27. The SMILES string of the molecule is CC/C(=C/c1cncc2ccccc12)CNC(C)(C)C. The van der Waals surface area contributed by atoms with Crippen LogP contribution in [-0.2, 0) is 0 Å². The molecule has 0 saturated heterocycles. The standard InChI is InChI=1S/C18H24N2/c1-5-14(11-20-18(2,3)4)10-16-13-19-12-15-8-6-7-9-17(15)16/h6-10,12-13,20H,5,11H2,1-4H3/b14-10-. The lowest BCUT2D eigenvalue weighted by molar-refractivity contribution is 0.443. The van der Waals surface area contributed by atoms with Gasteiger partial charge in [0.05, 0.1) is 0 Å². The molecule has 1 aromatic carbocycles. The lowest BCUT2D eigenvalue weighted by Crippen LogP contribution is -2.36. The van der Waals surface area contributed by atoms with E-state index in [0.717, 1.165) is 13.0 Å². The summed E-state index contributed by atoms with van der Waals surface area (Å²) in [5.41, 5.74) is 2.75. The Morgan fingerprint density at radius 1 is 1.20 bits per heavy atom. The molecule has 2 rings (SSSR count). The Kier molecular flexibility index (Phi) is 4.56. The Bertz CT molecular complexity index is 601. The predicted octanol–water partition coefficient (Wildman–Crippen LogP) is 4.42. The van der Waals surface area contributed by atoms with Crippen LogP contribution in [0, 0.1) is 0 Å². The molecule has 106 valence electrons. The molecule has 2 heteroatoms. The number of rotatable bonds is 4. The van der Waals surface area contributed by atoms with E-state index in [1.807, 2.05) is 12.4 Å². The molecule has 2 nitrogen and oxygen atoms in total. The molecule has 0 atom stereocenters. The van der Waals surface area contributed by atoms with Crippen LogP contribution >= 0.6 is 0 Å². The highest BCUT2D eigenvalue weighted by Crippen LogP contribution is 2.20. The van der Waals surface area contributed by atoms with E-state index in [4.69, 9.17) is 0 Å². The molecule has 0 radical (unpaired) electrons. The smallest absolute Gasteiger partial charge is 0.0346 e. The average molecular weight is 268 g/mol. The van der Waals surface area contributed by atoms with Gasteiger partial charge in [-0.05, 0) is 32.6 Å². The maximum atomic E-state index is 4.34. The number of nitrogens with one attached hydrogen (secondary N) is 1. The van der Waals surface area contributed by atoms with E-state index in [0.29, 0.717) is 0 Å². The zero-order valence-corrected chi connectivity index (χ0v) is 12.9. The van der Waals surface area contributed by atoms with Gasteiger partial charge in [-0.3, -0.25) is 4.98 Å². The second kappa shape index (κ2) is 6.19. The summed E-state index contributed by atoms with van der Waals surface area (Å²) >= 11 is 0. The maximum absolute atomic E-state index is 4.34. The molecular weight excluding hydrogens is 244 g/mol. The molecular formula is C18H24N2. The first kappa shape index (κ1) is 14.7. The number of benzene rings is 1. The van der Waals surface area contributed by atoms with E-state index in [9.17, 15) is 0 Å². The molecule has 20 heavy (non-hydrogen) atoms. The summed E-state index contributed by atoms with van der Waals surface area (Å²) in [4.78, 5) is 4.34. The van der Waals surface area contributed by atoms with Crippen LogP contribution in [0.1, 0.15) is 39.7 Å². The van der Waals surface area contributed by atoms with E-state index in [1.165, 1.54) is 21.9 Å². The van der Waals surface area contributed by atoms with Gasteiger partial charge in [-0.1, -0.05) is 42.8 Å². The molecule has 0 aliphatic heterocycles. The minimum absolute atomic E-state index is 0.144. The summed E-state index contributed by atoms with van der Waals surface area (Å²) in [5.74, 6) is 0. The number of aromatic nitrogens is 1. The lowest BCUT2D eigenvalue weighted by atomic mass is 10.0. The van der Waals surface area contributed by atoms with Crippen molar-refractivity contribution in [2.45, 2.75) is 39.7 Å². The minimum atomic E-state index is 0.144. The monoisotopic (exact) mass is 268 g/mol. The third kappa shape index (κ3) is 3.91. The Morgan fingerprint density at radius 2 is 1.95 bits per heavy atom. The molecule has 2 aromatic rings. The van der Waals surface area contributed by atoms with Gasteiger partial charge in [0, 0.05) is 35.4 Å². The zero-order valence-electron chi connectivity index (χ0n) is 12.9. The van der Waals surface area contributed by atoms with Gasteiger partial charge >= 0.3 is 0 Å². The Labute approximate surface area is 121 Å². The summed E-state index contributed by atoms with van der Waals surface area (Å²) in [6, 6.07) is 8.41. The average Bonchev–Trinajstić information content (AvgIpc) is 2.42. The highest BCUT2D eigenvalue weighted by Gasteiger charge is 2.09. The maximum Gasteiger partial charge on any atom is 0.0346 e. The third-order valence-electron chi connectivity index (χ3n) is 3.36. The molecule has 1 heterocycles. The van der Waals surface area contributed by atoms with Crippen molar-refractivity contribution in [3.05, 3.63) is 47.8 Å². The van der Waals surface area contributed by atoms with E-state index >= 15 is 0 Å². The van der Waals surface area contributed by atoms with Crippen molar-refractivity contribution in [1.82, 2.24) is 10.3 Å². The molecule has 0 unspecified atom stereocenters. The van der Waals surface area contributed by atoms with Crippen molar-refractivity contribution in [2.75, 3.05) is 6.54 Å². The summed E-state index contributed by atoms with van der Waals surface area (Å²) in [7, 11) is 0. The van der Waals surface area contributed by atoms with E-state index in [2.05, 4.69) is 68.3 Å². The number of hydrogen-bond acceptors (Lipinski definition) is 2. The van der Waals surface area contributed by atoms with E-state index in [1.54, 1.807) is 0 Å². The molecule has 0 spiro atoms. The van der Waals surface area contributed by atoms with Gasteiger partial charge in [-0.2, -0.15) is 0 Å². The highest BCUT2D eigenvalue weighted by molar-refractivity contribution is 5.89. The molecule has 0 bridgehead atoms. The summed E-state index contributed by atoms with van der Waals surface area (Å²) in [5, 5.41) is 6.02. The minimum Gasteiger partial charge on any atom is -0.308 e. The van der Waals surface area contributed by atoms with Crippen LogP contribution in [0.4, 0.5) is 0 Å². The van der Waals surface area contributed by atoms with Gasteiger partial charge in [-0.25, -0.2) is 0 Å². The first-order chi connectivity index (χ1) is 9.49. The molecule has 1 aromatic heterocycles. The van der Waals surface area contributed by atoms with Crippen LogP contribution in [0.2, 0.25) is 0 Å². The Hall–Kier alpha value is -1.67. The first-order valence-electron chi connectivity index (χ1n) is 7.27. The molecule has 1 N–H and O–H groups in total. The number of hydrogen-bond donors (Lipinski definition) is 1. The zero-order chi connectivity index (χ0) is 14.6. The second-order valence-electron chi connectivity index (χ2n) is 6.21. The van der Waals surface area contributed by atoms with Crippen molar-refractivity contribution in [3.63, 3.8) is 0 Å². The van der Waals surface area contributed by atoms with Gasteiger partial charge in [0.1, 0.15) is 0 Å². The highest BCUT2D eigenvalue weighted by atomic mass is 14.9. The normalized spacial score (nSPS) is 12.9. The molecule has 0 aliphatic rings. The van der Waals surface area contributed by atoms with Crippen LogP contribution in [0.5, 0.6) is 0 Å². The number of fused-ring (bicyclic) bond motifs is 1. The summed E-state index contributed by atoms with van der Waals surface area (Å²) in [6.45, 7) is 9.71. The van der Waals surface area contributed by atoms with Crippen LogP contribution in [-0.4, -0.2) is 17.1 Å². The van der Waals surface area contributed by atoms with Gasteiger partial charge in [0.2, 0.25) is 0 Å². The fraction of sp³-hybridized carbons (Fsp3) is 0.389. The summed E-state index contributed by atoms with van der Waals surface area (Å²) in [6.07, 6.45) is 7.20. The van der Waals surface area contributed by atoms with Gasteiger partial charge in [0.25, 0.3) is 0 Å². The quantitative estimate of drug-likeness (QED) is 0.888. The fourth-order valence-electron chi connectivity index (χ4n) is 2.13. The van der Waals surface area contributed by atoms with Crippen molar-refractivity contribution in [2.24, 2.45) is 0 Å². The van der Waals surface area contributed by atoms with Crippen molar-refractivity contribution >= 4 is 16.8 Å². The lowest BCUT2D eigenvalue weighted by Gasteiger charge is -2.21. The molecule has 0 saturated carbocycles. The molecule has 0 amide bonds. The largest absolute Gasteiger partial charge is 0.308 e. The fourth-order valence-corrected chi connectivity index (χ4v) is 2.13. The molecule has 0 fully saturated rings. The van der Waals surface area contributed by atoms with Gasteiger partial charge in [0.15, 0.2) is 0 Å². The van der Waals surface area contributed by atoms with Crippen molar-refractivity contribution in [3.8, 4) is 0 Å². The molecule has 0 aliphatic carbocycles. The van der Waals surface area contributed by atoms with Gasteiger partial charge in [-0.15, -0.1) is 0 Å². The van der Waals surface area contributed by atoms with E-state index in [-0.39, 0.29) is 5.54 Å². The Morgan fingerprint density at radius 3 is 2.65 bits per heavy atom.